The smallest absolute Gasteiger partial charge is 0.137 e. The Morgan fingerprint density at radius 2 is 2.10 bits per heavy atom. The number of aromatic nitrogens is 2. The van der Waals surface area contributed by atoms with E-state index in [1.54, 1.807) is 6.07 Å². The van der Waals surface area contributed by atoms with Crippen molar-refractivity contribution in [3.8, 4) is 5.75 Å². The summed E-state index contributed by atoms with van der Waals surface area (Å²) in [4.78, 5) is 6.84. The number of nitrogens with zero attached hydrogens (tertiary/aromatic N) is 3. The number of phenols is 1. The van der Waals surface area contributed by atoms with Crippen LogP contribution >= 0.6 is 0 Å². The number of phenolic OH excluding ortho intramolecular Hbond substituents is 1. The van der Waals surface area contributed by atoms with Crippen molar-refractivity contribution in [2.24, 2.45) is 0 Å². The molecule has 3 aromatic rings. The second-order valence-corrected chi connectivity index (χ2v) is 5.38. The van der Waals surface area contributed by atoms with Crippen LogP contribution in [0.3, 0.4) is 0 Å². The summed E-state index contributed by atoms with van der Waals surface area (Å²) in [5, 5.41) is 9.59. The molecule has 0 aliphatic heterocycles. The number of aromatic hydroxyl groups is 1. The van der Waals surface area contributed by atoms with Crippen LogP contribution in [0.5, 0.6) is 5.75 Å². The first-order valence-electron chi connectivity index (χ1n) is 7.05. The van der Waals surface area contributed by atoms with Gasteiger partial charge < -0.3 is 9.51 Å². The number of pyridine rings is 1. The third kappa shape index (κ3) is 2.90. The first kappa shape index (κ1) is 13.6. The molecule has 0 amide bonds. The Kier molecular flexibility index (Phi) is 3.62. The molecule has 4 nitrogen and oxygen atoms in total. The zero-order valence-corrected chi connectivity index (χ0v) is 12.3. The van der Waals surface area contributed by atoms with Crippen LogP contribution in [0.15, 0.2) is 54.9 Å². The highest BCUT2D eigenvalue weighted by atomic mass is 16.3. The molecule has 0 aliphatic carbocycles. The van der Waals surface area contributed by atoms with E-state index in [2.05, 4.69) is 30.1 Å². The number of fused-ring (bicyclic) bond motifs is 1. The summed E-state index contributed by atoms with van der Waals surface area (Å²) in [7, 11) is 2.07. The quantitative estimate of drug-likeness (QED) is 0.798. The van der Waals surface area contributed by atoms with Gasteiger partial charge in [0.15, 0.2) is 0 Å². The average molecular weight is 281 g/mol. The van der Waals surface area contributed by atoms with Crippen molar-refractivity contribution in [1.82, 2.24) is 14.3 Å². The van der Waals surface area contributed by atoms with E-state index in [0.717, 1.165) is 23.4 Å². The molecule has 1 aromatic carbocycles. The summed E-state index contributed by atoms with van der Waals surface area (Å²) >= 11 is 0. The largest absolute Gasteiger partial charge is 0.508 e. The fourth-order valence-electron chi connectivity index (χ4n) is 2.49. The summed E-state index contributed by atoms with van der Waals surface area (Å²) in [6, 6.07) is 13.6. The molecular weight excluding hydrogens is 262 g/mol. The fraction of sp³-hybridized carbons (Fsp3) is 0.235. The van der Waals surface area contributed by atoms with Crippen LogP contribution in [0, 0.1) is 0 Å². The standard InChI is InChI=1S/C17H19N3O/c1-13(14-6-5-7-16(21)10-14)19(2)11-15-12-20-9-4-3-8-17(20)18-15/h3-10,12-13,21H,11H2,1-2H3. The van der Waals surface area contributed by atoms with Crippen molar-refractivity contribution in [3.05, 3.63) is 66.1 Å². The predicted octanol–water partition coefficient (Wildman–Crippen LogP) is 3.23. The molecule has 2 aromatic heterocycles. The van der Waals surface area contributed by atoms with E-state index < -0.39 is 0 Å². The van der Waals surface area contributed by atoms with Crippen LogP contribution in [0.4, 0.5) is 0 Å². The minimum atomic E-state index is 0.210. The van der Waals surface area contributed by atoms with Gasteiger partial charge in [-0.2, -0.15) is 0 Å². The lowest BCUT2D eigenvalue weighted by Crippen LogP contribution is -2.22. The van der Waals surface area contributed by atoms with Gasteiger partial charge in [0.1, 0.15) is 11.4 Å². The lowest BCUT2D eigenvalue weighted by atomic mass is 10.1. The molecule has 3 rings (SSSR count). The third-order valence-corrected chi connectivity index (χ3v) is 3.84. The summed E-state index contributed by atoms with van der Waals surface area (Å²) in [6.45, 7) is 2.89. The van der Waals surface area contributed by atoms with Crippen LogP contribution in [0.1, 0.15) is 24.2 Å². The monoisotopic (exact) mass is 281 g/mol. The van der Waals surface area contributed by atoms with Crippen molar-refractivity contribution in [1.29, 1.82) is 0 Å². The Balaban J connectivity index is 1.77. The molecule has 0 saturated carbocycles. The van der Waals surface area contributed by atoms with E-state index in [-0.39, 0.29) is 6.04 Å². The maximum atomic E-state index is 9.59. The summed E-state index contributed by atoms with van der Waals surface area (Å²) in [6.07, 6.45) is 4.06. The second kappa shape index (κ2) is 5.58. The molecule has 0 saturated heterocycles. The Morgan fingerprint density at radius 1 is 1.24 bits per heavy atom. The highest BCUT2D eigenvalue weighted by Crippen LogP contribution is 2.23. The summed E-state index contributed by atoms with van der Waals surface area (Å²) in [5.74, 6) is 0.306. The van der Waals surface area contributed by atoms with Gasteiger partial charge in [0, 0.05) is 25.0 Å². The highest BCUT2D eigenvalue weighted by Gasteiger charge is 2.14. The van der Waals surface area contributed by atoms with E-state index in [4.69, 9.17) is 0 Å². The van der Waals surface area contributed by atoms with Gasteiger partial charge in [-0.1, -0.05) is 18.2 Å². The predicted molar refractivity (Wildman–Crippen MR) is 83.2 cm³/mol. The van der Waals surface area contributed by atoms with Gasteiger partial charge in [-0.3, -0.25) is 4.90 Å². The summed E-state index contributed by atoms with van der Waals surface area (Å²) < 4.78 is 2.03. The number of benzene rings is 1. The Hall–Kier alpha value is -2.33. The van der Waals surface area contributed by atoms with Crippen LogP contribution in [-0.2, 0) is 6.54 Å². The van der Waals surface area contributed by atoms with Crippen molar-refractivity contribution in [3.63, 3.8) is 0 Å². The molecule has 1 atom stereocenters. The molecule has 1 N–H and O–H groups in total. The molecule has 0 aliphatic rings. The topological polar surface area (TPSA) is 40.8 Å². The van der Waals surface area contributed by atoms with E-state index in [9.17, 15) is 5.11 Å². The number of hydrogen-bond donors (Lipinski definition) is 1. The van der Waals surface area contributed by atoms with Gasteiger partial charge in [0.05, 0.1) is 5.69 Å². The third-order valence-electron chi connectivity index (χ3n) is 3.84. The van der Waals surface area contributed by atoms with Gasteiger partial charge in [-0.25, -0.2) is 4.98 Å². The lowest BCUT2D eigenvalue weighted by molar-refractivity contribution is 0.250. The van der Waals surface area contributed by atoms with Crippen molar-refractivity contribution in [2.45, 2.75) is 19.5 Å². The Labute approximate surface area is 124 Å². The molecule has 0 spiro atoms. The van der Waals surface area contributed by atoms with Crippen molar-refractivity contribution >= 4 is 5.65 Å². The first-order valence-corrected chi connectivity index (χ1v) is 7.05. The minimum Gasteiger partial charge on any atom is -0.508 e. The molecule has 108 valence electrons. The van der Waals surface area contributed by atoms with Gasteiger partial charge in [0.25, 0.3) is 0 Å². The van der Waals surface area contributed by atoms with Crippen molar-refractivity contribution < 1.29 is 5.11 Å². The van der Waals surface area contributed by atoms with Crippen LogP contribution in [-0.4, -0.2) is 26.4 Å². The minimum absolute atomic E-state index is 0.210. The molecule has 4 heteroatoms. The van der Waals surface area contributed by atoms with E-state index >= 15 is 0 Å². The van der Waals surface area contributed by atoms with Crippen LogP contribution < -0.4 is 0 Å². The number of imidazole rings is 1. The van der Waals surface area contributed by atoms with E-state index in [0.29, 0.717) is 5.75 Å². The van der Waals surface area contributed by atoms with Gasteiger partial charge in [-0.15, -0.1) is 0 Å². The fourth-order valence-corrected chi connectivity index (χ4v) is 2.49. The molecular formula is C17H19N3O. The zero-order chi connectivity index (χ0) is 14.8. The Morgan fingerprint density at radius 3 is 2.86 bits per heavy atom. The SMILES string of the molecule is CC(c1cccc(O)c1)N(C)Cc1cn2ccccc2n1. The second-order valence-electron chi connectivity index (χ2n) is 5.38. The van der Waals surface area contributed by atoms with Crippen LogP contribution in [0.25, 0.3) is 5.65 Å². The molecule has 0 fully saturated rings. The van der Waals surface area contributed by atoms with Crippen molar-refractivity contribution in [2.75, 3.05) is 7.05 Å². The highest BCUT2D eigenvalue weighted by molar-refractivity contribution is 5.39. The van der Waals surface area contributed by atoms with Gasteiger partial charge in [-0.05, 0) is 43.8 Å². The van der Waals surface area contributed by atoms with E-state index in [1.165, 1.54) is 0 Å². The molecule has 21 heavy (non-hydrogen) atoms. The summed E-state index contributed by atoms with van der Waals surface area (Å²) in [5.41, 5.74) is 3.10. The molecule has 0 radical (unpaired) electrons. The lowest BCUT2D eigenvalue weighted by Gasteiger charge is -2.24. The molecule has 0 bridgehead atoms. The first-order chi connectivity index (χ1) is 10.1. The molecule has 2 heterocycles. The maximum absolute atomic E-state index is 9.59. The average Bonchev–Trinajstić information content (AvgIpc) is 2.88. The zero-order valence-electron chi connectivity index (χ0n) is 12.3. The Bertz CT molecular complexity index is 717. The normalized spacial score (nSPS) is 12.9. The van der Waals surface area contributed by atoms with E-state index in [1.807, 2.05) is 47.0 Å². The maximum Gasteiger partial charge on any atom is 0.137 e. The van der Waals surface area contributed by atoms with Gasteiger partial charge >= 0.3 is 0 Å². The number of hydrogen-bond acceptors (Lipinski definition) is 3. The van der Waals surface area contributed by atoms with Crippen LogP contribution in [0.2, 0.25) is 0 Å². The van der Waals surface area contributed by atoms with Gasteiger partial charge in [0.2, 0.25) is 0 Å². The number of rotatable bonds is 4. The molecule has 1 unspecified atom stereocenters.